The number of ether oxygens (including phenoxy) is 1. The fourth-order valence-electron chi connectivity index (χ4n) is 1.97. The Kier molecular flexibility index (Phi) is 5.42. The van der Waals surface area contributed by atoms with E-state index in [-0.39, 0.29) is 5.92 Å². The summed E-state index contributed by atoms with van der Waals surface area (Å²) in [6.07, 6.45) is 3.05. The molecule has 0 amide bonds. The van der Waals surface area contributed by atoms with Gasteiger partial charge in [-0.25, -0.2) is 0 Å². The van der Waals surface area contributed by atoms with Gasteiger partial charge in [0.15, 0.2) is 0 Å². The molecule has 1 aliphatic rings. The number of oxime groups is 1. The molecule has 0 aromatic rings. The fourth-order valence-corrected chi connectivity index (χ4v) is 1.97. The molecule has 0 bridgehead atoms. The number of hydrogen-bond acceptors (Lipinski definition) is 4. The van der Waals surface area contributed by atoms with E-state index in [1.54, 1.807) is 7.11 Å². The Morgan fingerprint density at radius 3 is 2.73 bits per heavy atom. The maximum absolute atomic E-state index is 8.56. The molecular weight excluding hydrogens is 194 g/mol. The van der Waals surface area contributed by atoms with Crippen molar-refractivity contribution >= 4 is 5.84 Å². The Labute approximate surface area is 90.9 Å². The molecule has 5 nitrogen and oxygen atoms in total. The number of nitrogens with two attached hydrogens (primary N) is 1. The number of piperidine rings is 1. The van der Waals surface area contributed by atoms with E-state index < -0.39 is 0 Å². The van der Waals surface area contributed by atoms with Crippen LogP contribution in [0.4, 0.5) is 0 Å². The highest BCUT2D eigenvalue weighted by Gasteiger charge is 2.21. The van der Waals surface area contributed by atoms with Crippen molar-refractivity contribution in [1.82, 2.24) is 4.90 Å². The molecule has 3 N–H and O–H groups in total. The molecule has 1 heterocycles. The molecule has 0 atom stereocenters. The molecule has 0 saturated carbocycles. The van der Waals surface area contributed by atoms with Crippen LogP contribution in [0.15, 0.2) is 5.16 Å². The highest BCUT2D eigenvalue weighted by molar-refractivity contribution is 5.82. The van der Waals surface area contributed by atoms with Crippen LogP contribution in [-0.4, -0.2) is 49.3 Å². The first-order valence-electron chi connectivity index (χ1n) is 5.46. The van der Waals surface area contributed by atoms with Gasteiger partial charge in [0.1, 0.15) is 5.84 Å². The molecule has 15 heavy (non-hydrogen) atoms. The van der Waals surface area contributed by atoms with Gasteiger partial charge in [0.2, 0.25) is 0 Å². The Balaban J connectivity index is 2.18. The van der Waals surface area contributed by atoms with E-state index in [1.165, 1.54) is 0 Å². The molecule has 1 rings (SSSR count). The van der Waals surface area contributed by atoms with Crippen molar-refractivity contribution in [2.24, 2.45) is 16.8 Å². The predicted molar refractivity (Wildman–Crippen MR) is 59.1 cm³/mol. The lowest BCUT2D eigenvalue weighted by Gasteiger charge is -2.31. The number of amidine groups is 1. The second-order valence-electron chi connectivity index (χ2n) is 3.99. The van der Waals surface area contributed by atoms with E-state index in [2.05, 4.69) is 10.1 Å². The van der Waals surface area contributed by atoms with E-state index in [9.17, 15) is 0 Å². The maximum atomic E-state index is 8.56. The average Bonchev–Trinajstić information content (AvgIpc) is 2.29. The Morgan fingerprint density at radius 2 is 2.20 bits per heavy atom. The molecular formula is C10H21N3O2. The summed E-state index contributed by atoms with van der Waals surface area (Å²) in [6.45, 7) is 3.96. The van der Waals surface area contributed by atoms with Crippen LogP contribution in [0.1, 0.15) is 19.3 Å². The van der Waals surface area contributed by atoms with E-state index in [4.69, 9.17) is 15.7 Å². The molecule has 0 aromatic heterocycles. The first kappa shape index (κ1) is 12.3. The van der Waals surface area contributed by atoms with E-state index >= 15 is 0 Å². The minimum absolute atomic E-state index is 0.258. The number of likely N-dealkylation sites (tertiary alicyclic amines) is 1. The van der Waals surface area contributed by atoms with Crippen molar-refractivity contribution in [2.75, 3.05) is 33.4 Å². The number of methoxy groups -OCH3 is 1. The predicted octanol–water partition coefficient (Wildman–Crippen LogP) is 0.481. The van der Waals surface area contributed by atoms with Crippen LogP contribution in [0.25, 0.3) is 0 Å². The van der Waals surface area contributed by atoms with Crippen LogP contribution in [0, 0.1) is 5.92 Å². The van der Waals surface area contributed by atoms with Gasteiger partial charge in [0, 0.05) is 26.2 Å². The van der Waals surface area contributed by atoms with Gasteiger partial charge in [-0.15, -0.1) is 0 Å². The minimum atomic E-state index is 0.258. The van der Waals surface area contributed by atoms with Gasteiger partial charge < -0.3 is 20.6 Å². The second-order valence-corrected chi connectivity index (χ2v) is 3.99. The highest BCUT2D eigenvalue weighted by atomic mass is 16.5. The third kappa shape index (κ3) is 4.05. The van der Waals surface area contributed by atoms with Gasteiger partial charge in [0.25, 0.3) is 0 Å². The average molecular weight is 215 g/mol. The van der Waals surface area contributed by atoms with Crippen LogP contribution < -0.4 is 5.73 Å². The van der Waals surface area contributed by atoms with Gasteiger partial charge >= 0.3 is 0 Å². The molecule has 0 aliphatic carbocycles. The SMILES string of the molecule is COCCCN1CCC(C(N)=NO)CC1. The van der Waals surface area contributed by atoms with Gasteiger partial charge in [-0.2, -0.15) is 0 Å². The zero-order valence-corrected chi connectivity index (χ0v) is 9.35. The molecule has 0 unspecified atom stereocenters. The molecule has 1 aliphatic heterocycles. The lowest BCUT2D eigenvalue weighted by molar-refractivity contribution is 0.155. The molecule has 1 saturated heterocycles. The smallest absolute Gasteiger partial charge is 0.142 e. The monoisotopic (exact) mass is 215 g/mol. The summed E-state index contributed by atoms with van der Waals surface area (Å²) >= 11 is 0. The highest BCUT2D eigenvalue weighted by Crippen LogP contribution is 2.17. The first-order valence-corrected chi connectivity index (χ1v) is 5.46. The fraction of sp³-hybridized carbons (Fsp3) is 0.900. The van der Waals surface area contributed by atoms with E-state index in [0.717, 1.165) is 45.5 Å². The third-order valence-corrected chi connectivity index (χ3v) is 2.94. The second kappa shape index (κ2) is 6.63. The zero-order valence-electron chi connectivity index (χ0n) is 9.35. The number of rotatable bonds is 5. The van der Waals surface area contributed by atoms with Gasteiger partial charge in [-0.3, -0.25) is 0 Å². The van der Waals surface area contributed by atoms with Crippen molar-refractivity contribution in [3.05, 3.63) is 0 Å². The van der Waals surface area contributed by atoms with Gasteiger partial charge in [-0.05, 0) is 32.4 Å². The van der Waals surface area contributed by atoms with Crippen molar-refractivity contribution < 1.29 is 9.94 Å². The van der Waals surface area contributed by atoms with Crippen molar-refractivity contribution in [2.45, 2.75) is 19.3 Å². The lowest BCUT2D eigenvalue weighted by Crippen LogP contribution is -2.39. The van der Waals surface area contributed by atoms with Crippen LogP contribution in [0.2, 0.25) is 0 Å². The third-order valence-electron chi connectivity index (χ3n) is 2.94. The number of nitrogens with zero attached hydrogens (tertiary/aromatic N) is 2. The van der Waals surface area contributed by atoms with Crippen LogP contribution in [-0.2, 0) is 4.74 Å². The Bertz CT molecular complexity index is 201. The Hall–Kier alpha value is -0.810. The summed E-state index contributed by atoms with van der Waals surface area (Å²) in [6, 6.07) is 0. The van der Waals surface area contributed by atoms with Crippen LogP contribution in [0.5, 0.6) is 0 Å². The van der Waals surface area contributed by atoms with Gasteiger partial charge in [-0.1, -0.05) is 5.16 Å². The van der Waals surface area contributed by atoms with Crippen LogP contribution in [0.3, 0.4) is 0 Å². The van der Waals surface area contributed by atoms with Crippen molar-refractivity contribution in [3.63, 3.8) is 0 Å². The van der Waals surface area contributed by atoms with Crippen molar-refractivity contribution in [1.29, 1.82) is 0 Å². The van der Waals surface area contributed by atoms with Crippen molar-refractivity contribution in [3.8, 4) is 0 Å². The zero-order chi connectivity index (χ0) is 11.1. The summed E-state index contributed by atoms with van der Waals surface area (Å²) in [5, 5.41) is 11.6. The molecule has 1 fully saturated rings. The van der Waals surface area contributed by atoms with Crippen LogP contribution >= 0.6 is 0 Å². The quantitative estimate of drug-likeness (QED) is 0.230. The lowest BCUT2D eigenvalue weighted by atomic mass is 9.96. The van der Waals surface area contributed by atoms with Gasteiger partial charge in [0.05, 0.1) is 0 Å². The normalized spacial score (nSPS) is 20.7. The summed E-state index contributed by atoms with van der Waals surface area (Å²) in [5.41, 5.74) is 5.58. The Morgan fingerprint density at radius 1 is 1.53 bits per heavy atom. The molecule has 0 radical (unpaired) electrons. The molecule has 5 heteroatoms. The standard InChI is InChI=1S/C10H21N3O2/c1-15-8-2-5-13-6-3-9(4-7-13)10(11)12-14/h9,14H,2-8H2,1H3,(H2,11,12). The van der Waals surface area contributed by atoms with E-state index in [0.29, 0.717) is 5.84 Å². The summed E-state index contributed by atoms with van der Waals surface area (Å²) in [7, 11) is 1.73. The number of hydrogen-bond donors (Lipinski definition) is 2. The summed E-state index contributed by atoms with van der Waals surface area (Å²) in [5.74, 6) is 0.639. The first-order chi connectivity index (χ1) is 7.27. The van der Waals surface area contributed by atoms with E-state index in [1.807, 2.05) is 0 Å². The summed E-state index contributed by atoms with van der Waals surface area (Å²) in [4.78, 5) is 2.40. The molecule has 0 aromatic carbocycles. The topological polar surface area (TPSA) is 71.1 Å². The molecule has 0 spiro atoms. The molecule has 88 valence electrons. The largest absolute Gasteiger partial charge is 0.409 e. The summed E-state index contributed by atoms with van der Waals surface area (Å²) < 4.78 is 5.01. The minimum Gasteiger partial charge on any atom is -0.409 e. The maximum Gasteiger partial charge on any atom is 0.142 e.